The van der Waals surface area contributed by atoms with Crippen molar-refractivity contribution in [1.82, 2.24) is 19.1 Å². The fourth-order valence-corrected chi connectivity index (χ4v) is 9.05. The number of para-hydroxylation sites is 4. The van der Waals surface area contributed by atoms with E-state index in [0.29, 0.717) is 5.82 Å². The fourth-order valence-electron chi connectivity index (χ4n) is 9.05. The standard InChI is InChI=1S/C53H36N4/c1-4-18-38(19-5-1)53(39-20-6-2-7-21-39,40-22-8-3-9-23-40)41-34-32-37(33-35-41)52-54-50(56-46-28-14-10-24-42(46)43-25-11-15-29-47(43)56)36-51(55-52)57-48-30-16-12-26-44(48)45-27-13-17-31-49(45)57/h1-36H. The summed E-state index contributed by atoms with van der Waals surface area (Å²) in [6.45, 7) is 0. The van der Waals surface area contributed by atoms with E-state index in [0.717, 1.165) is 44.8 Å². The molecule has 268 valence electrons. The molecule has 0 spiro atoms. The van der Waals surface area contributed by atoms with Crippen molar-refractivity contribution >= 4 is 43.6 Å². The van der Waals surface area contributed by atoms with Gasteiger partial charge in [-0.3, -0.25) is 9.13 Å². The van der Waals surface area contributed by atoms with E-state index in [9.17, 15) is 0 Å². The summed E-state index contributed by atoms with van der Waals surface area (Å²) < 4.78 is 4.57. The van der Waals surface area contributed by atoms with Gasteiger partial charge < -0.3 is 0 Å². The maximum atomic E-state index is 5.42. The lowest BCUT2D eigenvalue weighted by molar-refractivity contribution is 0.745. The summed E-state index contributed by atoms with van der Waals surface area (Å²) in [5, 5.41) is 4.76. The maximum Gasteiger partial charge on any atom is 0.163 e. The fraction of sp³-hybridized carbons (Fsp3) is 0.0189. The summed E-state index contributed by atoms with van der Waals surface area (Å²) in [5.41, 5.74) is 9.56. The molecular formula is C53H36N4. The van der Waals surface area contributed by atoms with Gasteiger partial charge >= 0.3 is 0 Å². The van der Waals surface area contributed by atoms with Crippen LogP contribution < -0.4 is 0 Å². The highest BCUT2D eigenvalue weighted by atomic mass is 15.1. The maximum absolute atomic E-state index is 5.42. The highest BCUT2D eigenvalue weighted by Crippen LogP contribution is 2.45. The zero-order valence-electron chi connectivity index (χ0n) is 31.1. The Bertz CT molecular complexity index is 2880. The van der Waals surface area contributed by atoms with Crippen LogP contribution in [0.1, 0.15) is 22.3 Å². The van der Waals surface area contributed by atoms with E-state index in [2.05, 4.69) is 228 Å². The van der Waals surface area contributed by atoms with Gasteiger partial charge in [0.2, 0.25) is 0 Å². The highest BCUT2D eigenvalue weighted by Gasteiger charge is 2.38. The molecule has 0 unspecified atom stereocenters. The summed E-state index contributed by atoms with van der Waals surface area (Å²) in [7, 11) is 0. The lowest BCUT2D eigenvalue weighted by Crippen LogP contribution is -2.30. The third kappa shape index (κ3) is 5.15. The van der Waals surface area contributed by atoms with Crippen molar-refractivity contribution in [1.29, 1.82) is 0 Å². The minimum atomic E-state index is -0.553. The van der Waals surface area contributed by atoms with Crippen LogP contribution in [-0.4, -0.2) is 19.1 Å². The van der Waals surface area contributed by atoms with Crippen molar-refractivity contribution in [3.05, 3.63) is 241 Å². The average Bonchev–Trinajstić information content (AvgIpc) is 3.81. The Morgan fingerprint density at radius 2 is 0.596 bits per heavy atom. The summed E-state index contributed by atoms with van der Waals surface area (Å²) in [6, 6.07) is 77.9. The molecule has 0 atom stereocenters. The van der Waals surface area contributed by atoms with Crippen molar-refractivity contribution in [2.45, 2.75) is 5.41 Å². The minimum absolute atomic E-state index is 0.553. The lowest BCUT2D eigenvalue weighted by Gasteiger charge is -2.37. The van der Waals surface area contributed by atoms with Crippen molar-refractivity contribution in [3.8, 4) is 23.0 Å². The molecule has 57 heavy (non-hydrogen) atoms. The Morgan fingerprint density at radius 1 is 0.298 bits per heavy atom. The molecule has 0 amide bonds. The van der Waals surface area contributed by atoms with Gasteiger partial charge in [0.25, 0.3) is 0 Å². The van der Waals surface area contributed by atoms with Crippen LogP contribution in [0.4, 0.5) is 0 Å². The molecule has 11 rings (SSSR count). The molecule has 3 aromatic heterocycles. The van der Waals surface area contributed by atoms with Crippen LogP contribution in [0.2, 0.25) is 0 Å². The molecule has 4 nitrogen and oxygen atoms in total. The van der Waals surface area contributed by atoms with Gasteiger partial charge in [-0.15, -0.1) is 0 Å². The Morgan fingerprint density at radius 3 is 0.947 bits per heavy atom. The quantitative estimate of drug-likeness (QED) is 0.153. The van der Waals surface area contributed by atoms with Gasteiger partial charge in [0.05, 0.1) is 27.5 Å². The Hall–Kier alpha value is -7.56. The second kappa shape index (κ2) is 13.3. The van der Waals surface area contributed by atoms with E-state index in [-0.39, 0.29) is 0 Å². The highest BCUT2D eigenvalue weighted by molar-refractivity contribution is 6.10. The van der Waals surface area contributed by atoms with Gasteiger partial charge in [0, 0.05) is 33.2 Å². The van der Waals surface area contributed by atoms with Crippen molar-refractivity contribution < 1.29 is 0 Å². The van der Waals surface area contributed by atoms with Gasteiger partial charge in [0.15, 0.2) is 5.82 Å². The van der Waals surface area contributed by atoms with E-state index >= 15 is 0 Å². The zero-order valence-corrected chi connectivity index (χ0v) is 31.1. The van der Waals surface area contributed by atoms with E-state index in [1.807, 2.05) is 0 Å². The molecule has 0 N–H and O–H groups in total. The number of hydrogen-bond acceptors (Lipinski definition) is 2. The molecule has 0 saturated heterocycles. The molecule has 8 aromatic carbocycles. The molecule has 11 aromatic rings. The second-order valence-electron chi connectivity index (χ2n) is 14.6. The molecule has 4 heteroatoms. The summed E-state index contributed by atoms with van der Waals surface area (Å²) >= 11 is 0. The van der Waals surface area contributed by atoms with Gasteiger partial charge in [-0.2, -0.15) is 0 Å². The molecular weight excluding hydrogens is 693 g/mol. The van der Waals surface area contributed by atoms with Crippen LogP contribution in [0.3, 0.4) is 0 Å². The van der Waals surface area contributed by atoms with Crippen molar-refractivity contribution in [3.63, 3.8) is 0 Å². The predicted octanol–water partition coefficient (Wildman–Crippen LogP) is 12.7. The van der Waals surface area contributed by atoms with E-state index in [1.54, 1.807) is 0 Å². The molecule has 0 aliphatic heterocycles. The number of rotatable bonds is 7. The molecule has 0 saturated carbocycles. The number of benzene rings is 8. The Kier molecular flexibility index (Phi) is 7.68. The number of fused-ring (bicyclic) bond motifs is 6. The van der Waals surface area contributed by atoms with Crippen LogP contribution in [0, 0.1) is 0 Å². The Balaban J connectivity index is 1.17. The van der Waals surface area contributed by atoms with Gasteiger partial charge in [-0.05, 0) is 46.5 Å². The molecule has 0 radical (unpaired) electrons. The summed E-state index contributed by atoms with van der Waals surface area (Å²) in [5.74, 6) is 2.28. The third-order valence-corrected chi connectivity index (χ3v) is 11.5. The molecule has 0 fully saturated rings. The van der Waals surface area contributed by atoms with Gasteiger partial charge in [-0.1, -0.05) is 188 Å². The van der Waals surface area contributed by atoms with E-state index in [1.165, 1.54) is 38.2 Å². The monoisotopic (exact) mass is 728 g/mol. The predicted molar refractivity (Wildman–Crippen MR) is 234 cm³/mol. The SMILES string of the molecule is c1ccc(C(c2ccccc2)(c2ccccc2)c2ccc(-c3nc(-n4c5ccccc5c5ccccc54)cc(-n4c5ccccc5c5ccccc54)n3)cc2)cc1. The van der Waals surface area contributed by atoms with E-state index < -0.39 is 5.41 Å². The van der Waals surface area contributed by atoms with Gasteiger partial charge in [-0.25, -0.2) is 9.97 Å². The normalized spacial score (nSPS) is 11.9. The number of hydrogen-bond donors (Lipinski definition) is 0. The third-order valence-electron chi connectivity index (χ3n) is 11.5. The minimum Gasteiger partial charge on any atom is -0.294 e. The first-order chi connectivity index (χ1) is 28.3. The molecule has 0 aliphatic rings. The van der Waals surface area contributed by atoms with Crippen LogP contribution in [-0.2, 0) is 5.41 Å². The van der Waals surface area contributed by atoms with Crippen LogP contribution in [0.25, 0.3) is 66.6 Å². The van der Waals surface area contributed by atoms with Crippen LogP contribution in [0.5, 0.6) is 0 Å². The van der Waals surface area contributed by atoms with E-state index in [4.69, 9.17) is 9.97 Å². The van der Waals surface area contributed by atoms with Crippen molar-refractivity contribution in [2.75, 3.05) is 0 Å². The summed E-state index contributed by atoms with van der Waals surface area (Å²) in [4.78, 5) is 10.8. The van der Waals surface area contributed by atoms with Crippen LogP contribution in [0.15, 0.2) is 218 Å². The topological polar surface area (TPSA) is 35.6 Å². The smallest absolute Gasteiger partial charge is 0.163 e. The largest absolute Gasteiger partial charge is 0.294 e. The lowest BCUT2D eigenvalue weighted by atomic mass is 9.65. The zero-order chi connectivity index (χ0) is 37.8. The second-order valence-corrected chi connectivity index (χ2v) is 14.6. The number of nitrogens with zero attached hydrogens (tertiary/aromatic N) is 4. The molecule has 0 aliphatic carbocycles. The Labute approximate surface area is 330 Å². The first-order valence-corrected chi connectivity index (χ1v) is 19.4. The summed E-state index contributed by atoms with van der Waals surface area (Å²) in [6.07, 6.45) is 0. The molecule has 0 bridgehead atoms. The van der Waals surface area contributed by atoms with Gasteiger partial charge in [0.1, 0.15) is 11.6 Å². The first kappa shape index (κ1) is 32.8. The van der Waals surface area contributed by atoms with Crippen molar-refractivity contribution in [2.24, 2.45) is 0 Å². The van der Waals surface area contributed by atoms with Crippen LogP contribution >= 0.6 is 0 Å². The average molecular weight is 729 g/mol. The first-order valence-electron chi connectivity index (χ1n) is 19.4. The molecule has 3 heterocycles. The number of aromatic nitrogens is 4.